The standard InChI is InChI=1S/C20H28N4O3S/c1-14-5-4-6-17(15(14)2)23-11-9-22(10-12-23)16(3)19(26)21-7-8-24-18(25)13-28-20(24)27/h4-6,16H,7-13H2,1-3H3,(H,21,26)/t16-/m1/s1. The summed E-state index contributed by atoms with van der Waals surface area (Å²) in [4.78, 5) is 41.4. The molecule has 0 saturated carbocycles. The van der Waals surface area contributed by atoms with Crippen molar-refractivity contribution in [1.82, 2.24) is 15.1 Å². The summed E-state index contributed by atoms with van der Waals surface area (Å²) in [6.45, 7) is 10.1. The number of nitrogens with zero attached hydrogens (tertiary/aromatic N) is 3. The minimum absolute atomic E-state index is 0.0630. The molecule has 0 unspecified atom stereocenters. The summed E-state index contributed by atoms with van der Waals surface area (Å²) >= 11 is 1.01. The van der Waals surface area contributed by atoms with Gasteiger partial charge >= 0.3 is 0 Å². The van der Waals surface area contributed by atoms with Crippen molar-refractivity contribution in [3.05, 3.63) is 29.3 Å². The van der Waals surface area contributed by atoms with Crippen LogP contribution in [0.4, 0.5) is 10.5 Å². The van der Waals surface area contributed by atoms with Gasteiger partial charge in [-0.25, -0.2) is 0 Å². The van der Waals surface area contributed by atoms with Crippen molar-refractivity contribution in [2.24, 2.45) is 0 Å². The Kier molecular flexibility index (Phi) is 6.61. The molecule has 2 aliphatic heterocycles. The minimum Gasteiger partial charge on any atom is -0.369 e. The van der Waals surface area contributed by atoms with Gasteiger partial charge in [0.05, 0.1) is 11.8 Å². The zero-order chi connectivity index (χ0) is 20.3. The second kappa shape index (κ2) is 8.96. The number of aryl methyl sites for hydroxylation is 1. The molecule has 0 radical (unpaired) electrons. The lowest BCUT2D eigenvalue weighted by Crippen LogP contribution is -2.54. The zero-order valence-corrected chi connectivity index (χ0v) is 17.6. The molecule has 1 aromatic carbocycles. The number of nitrogens with one attached hydrogen (secondary N) is 1. The Labute approximate surface area is 170 Å². The van der Waals surface area contributed by atoms with Gasteiger partial charge in [-0.1, -0.05) is 23.9 Å². The van der Waals surface area contributed by atoms with Crippen molar-refractivity contribution >= 4 is 34.5 Å². The van der Waals surface area contributed by atoms with Crippen LogP contribution in [0.1, 0.15) is 18.1 Å². The third-order valence-electron chi connectivity index (χ3n) is 5.63. The zero-order valence-electron chi connectivity index (χ0n) is 16.7. The maximum absolute atomic E-state index is 12.5. The lowest BCUT2D eigenvalue weighted by atomic mass is 10.1. The van der Waals surface area contributed by atoms with Gasteiger partial charge in [-0.15, -0.1) is 0 Å². The summed E-state index contributed by atoms with van der Waals surface area (Å²) in [5.74, 6) is -0.0415. The molecule has 0 aliphatic carbocycles. The number of rotatable bonds is 6. The number of carbonyl (C=O) groups is 3. The summed E-state index contributed by atoms with van der Waals surface area (Å²) in [5.41, 5.74) is 3.88. The van der Waals surface area contributed by atoms with Gasteiger partial charge in [0.15, 0.2) is 0 Å². The van der Waals surface area contributed by atoms with Crippen molar-refractivity contribution in [1.29, 1.82) is 0 Å². The number of thioether (sulfide) groups is 1. The molecule has 8 heteroatoms. The van der Waals surface area contributed by atoms with Gasteiger partial charge in [-0.3, -0.25) is 24.2 Å². The van der Waals surface area contributed by atoms with E-state index in [1.807, 2.05) is 6.92 Å². The van der Waals surface area contributed by atoms with Crippen LogP contribution in [0.5, 0.6) is 0 Å². The van der Waals surface area contributed by atoms with E-state index < -0.39 is 0 Å². The van der Waals surface area contributed by atoms with Crippen LogP contribution in [-0.2, 0) is 9.59 Å². The maximum Gasteiger partial charge on any atom is 0.288 e. The second-order valence-corrected chi connectivity index (χ2v) is 8.24. The largest absolute Gasteiger partial charge is 0.369 e. The van der Waals surface area contributed by atoms with Crippen molar-refractivity contribution in [2.75, 3.05) is 49.9 Å². The van der Waals surface area contributed by atoms with Crippen LogP contribution in [0.25, 0.3) is 0 Å². The Morgan fingerprint density at radius 1 is 1.18 bits per heavy atom. The van der Waals surface area contributed by atoms with E-state index >= 15 is 0 Å². The summed E-state index contributed by atoms with van der Waals surface area (Å²) in [7, 11) is 0. The molecule has 2 fully saturated rings. The second-order valence-electron chi connectivity index (χ2n) is 7.31. The fraction of sp³-hybridized carbons (Fsp3) is 0.550. The molecule has 0 bridgehead atoms. The molecule has 152 valence electrons. The first-order chi connectivity index (χ1) is 13.4. The van der Waals surface area contributed by atoms with Gasteiger partial charge in [-0.05, 0) is 38.0 Å². The molecule has 3 rings (SSSR count). The molecular formula is C20H28N4O3S. The first-order valence-corrected chi connectivity index (χ1v) is 10.7. The van der Waals surface area contributed by atoms with E-state index in [9.17, 15) is 14.4 Å². The summed E-state index contributed by atoms with van der Waals surface area (Å²) < 4.78 is 0. The first-order valence-electron chi connectivity index (χ1n) is 9.68. The van der Waals surface area contributed by atoms with Crippen molar-refractivity contribution in [3.63, 3.8) is 0 Å². The van der Waals surface area contributed by atoms with Gasteiger partial charge < -0.3 is 10.2 Å². The van der Waals surface area contributed by atoms with Crippen molar-refractivity contribution in [2.45, 2.75) is 26.8 Å². The van der Waals surface area contributed by atoms with Gasteiger partial charge in [0.1, 0.15) is 0 Å². The minimum atomic E-state index is -0.236. The average molecular weight is 405 g/mol. The molecule has 0 aromatic heterocycles. The molecule has 2 saturated heterocycles. The predicted octanol–water partition coefficient (Wildman–Crippen LogP) is 1.63. The number of anilines is 1. The van der Waals surface area contributed by atoms with Crippen LogP contribution in [0.2, 0.25) is 0 Å². The Balaban J connectivity index is 1.46. The lowest BCUT2D eigenvalue weighted by Gasteiger charge is -2.39. The Morgan fingerprint density at radius 2 is 1.89 bits per heavy atom. The number of benzene rings is 1. The van der Waals surface area contributed by atoms with Crippen LogP contribution >= 0.6 is 11.8 Å². The van der Waals surface area contributed by atoms with E-state index in [1.54, 1.807) is 0 Å². The first kappa shape index (κ1) is 20.7. The summed E-state index contributed by atoms with van der Waals surface area (Å²) in [5, 5.41) is 2.63. The van der Waals surface area contributed by atoms with Crippen molar-refractivity contribution in [3.8, 4) is 0 Å². The maximum atomic E-state index is 12.5. The van der Waals surface area contributed by atoms with Crippen LogP contribution in [0.3, 0.4) is 0 Å². The number of carbonyl (C=O) groups excluding carboxylic acids is 3. The van der Waals surface area contributed by atoms with Gasteiger partial charge in [0.2, 0.25) is 11.8 Å². The number of amides is 3. The van der Waals surface area contributed by atoms with Gasteiger partial charge in [0, 0.05) is 45.0 Å². The Hall–Kier alpha value is -2.06. The van der Waals surface area contributed by atoms with E-state index in [0.29, 0.717) is 6.54 Å². The molecule has 3 amide bonds. The Morgan fingerprint density at radius 3 is 2.54 bits per heavy atom. The van der Waals surface area contributed by atoms with Gasteiger partial charge in [0.25, 0.3) is 5.24 Å². The number of hydrogen-bond acceptors (Lipinski definition) is 6. The topological polar surface area (TPSA) is 73.0 Å². The molecule has 7 nitrogen and oxygen atoms in total. The fourth-order valence-corrected chi connectivity index (χ4v) is 4.38. The third-order valence-corrected chi connectivity index (χ3v) is 6.49. The van der Waals surface area contributed by atoms with E-state index in [2.05, 4.69) is 47.2 Å². The highest BCUT2D eigenvalue weighted by Crippen LogP contribution is 2.24. The molecule has 2 aliphatic rings. The number of hydrogen-bond donors (Lipinski definition) is 1. The number of imide groups is 1. The number of piperazine rings is 1. The molecule has 1 N–H and O–H groups in total. The summed E-state index contributed by atoms with van der Waals surface area (Å²) in [6.07, 6.45) is 0. The van der Waals surface area contributed by atoms with Crippen LogP contribution < -0.4 is 10.2 Å². The Bertz CT molecular complexity index is 746. The molecule has 1 atom stereocenters. The quantitative estimate of drug-likeness (QED) is 0.777. The highest BCUT2D eigenvalue weighted by atomic mass is 32.2. The average Bonchev–Trinajstić information content (AvgIpc) is 3.01. The SMILES string of the molecule is Cc1cccc(N2CCN([C@H](C)C(=O)NCCN3C(=O)CSC3=O)CC2)c1C. The molecule has 0 spiro atoms. The van der Waals surface area contributed by atoms with E-state index in [0.717, 1.165) is 37.9 Å². The van der Waals surface area contributed by atoms with E-state index in [1.165, 1.54) is 21.7 Å². The van der Waals surface area contributed by atoms with Crippen LogP contribution in [-0.4, -0.2) is 77.9 Å². The highest BCUT2D eigenvalue weighted by Gasteiger charge is 2.30. The van der Waals surface area contributed by atoms with Crippen LogP contribution in [0, 0.1) is 13.8 Å². The molecule has 2 heterocycles. The molecular weight excluding hydrogens is 376 g/mol. The van der Waals surface area contributed by atoms with Gasteiger partial charge in [-0.2, -0.15) is 0 Å². The normalized spacial score (nSPS) is 19.2. The molecule has 28 heavy (non-hydrogen) atoms. The lowest BCUT2D eigenvalue weighted by molar-refractivity contribution is -0.127. The third kappa shape index (κ3) is 4.50. The van der Waals surface area contributed by atoms with E-state index in [-0.39, 0.29) is 35.4 Å². The highest BCUT2D eigenvalue weighted by molar-refractivity contribution is 8.14. The smallest absolute Gasteiger partial charge is 0.288 e. The predicted molar refractivity (Wildman–Crippen MR) is 112 cm³/mol. The molecule has 1 aromatic rings. The fourth-order valence-electron chi connectivity index (χ4n) is 3.63. The van der Waals surface area contributed by atoms with Crippen LogP contribution in [0.15, 0.2) is 18.2 Å². The van der Waals surface area contributed by atoms with E-state index in [4.69, 9.17) is 0 Å². The summed E-state index contributed by atoms with van der Waals surface area (Å²) in [6, 6.07) is 6.14. The van der Waals surface area contributed by atoms with Crippen molar-refractivity contribution < 1.29 is 14.4 Å². The monoisotopic (exact) mass is 404 g/mol.